The molecule has 1 N–H and O–H groups in total. The van der Waals surface area contributed by atoms with Crippen LogP contribution in [0.1, 0.15) is 29.2 Å². The van der Waals surface area contributed by atoms with Gasteiger partial charge in [-0.05, 0) is 72.8 Å². The topological polar surface area (TPSA) is 12.0 Å². The molecule has 0 fully saturated rings. The minimum atomic E-state index is -0.178. The Balaban J connectivity index is 2.54. The lowest BCUT2D eigenvalue weighted by atomic mass is 9.92. The number of hydrogen-bond acceptors (Lipinski definition) is 1. The first-order valence-electron chi connectivity index (χ1n) is 7.10. The van der Waals surface area contributed by atoms with E-state index in [0.29, 0.717) is 6.54 Å². The number of rotatable bonds is 4. The van der Waals surface area contributed by atoms with Crippen molar-refractivity contribution in [1.29, 1.82) is 0 Å². The molecular formula is C18H22FN. The molecule has 0 aliphatic carbocycles. The molecule has 2 rings (SSSR count). The van der Waals surface area contributed by atoms with Gasteiger partial charge in [-0.1, -0.05) is 25.1 Å². The maximum atomic E-state index is 13.5. The Kier molecular flexibility index (Phi) is 4.56. The predicted octanol–water partition coefficient (Wildman–Crippen LogP) is 4.53. The van der Waals surface area contributed by atoms with Crippen LogP contribution in [0.5, 0.6) is 0 Å². The van der Waals surface area contributed by atoms with Gasteiger partial charge in [-0.2, -0.15) is 0 Å². The van der Waals surface area contributed by atoms with Crippen molar-refractivity contribution in [2.24, 2.45) is 0 Å². The maximum Gasteiger partial charge on any atom is 0.123 e. The van der Waals surface area contributed by atoms with Crippen LogP contribution in [0.4, 0.5) is 4.39 Å². The third kappa shape index (κ3) is 3.07. The van der Waals surface area contributed by atoms with Crippen LogP contribution in [0.15, 0.2) is 30.3 Å². The Morgan fingerprint density at radius 3 is 2.30 bits per heavy atom. The van der Waals surface area contributed by atoms with Crippen LogP contribution >= 0.6 is 0 Å². The van der Waals surface area contributed by atoms with Crippen molar-refractivity contribution in [2.45, 2.75) is 34.2 Å². The van der Waals surface area contributed by atoms with Gasteiger partial charge in [-0.15, -0.1) is 0 Å². The predicted molar refractivity (Wildman–Crippen MR) is 83.4 cm³/mol. The van der Waals surface area contributed by atoms with Gasteiger partial charge in [0.25, 0.3) is 0 Å². The third-order valence-corrected chi connectivity index (χ3v) is 3.76. The van der Waals surface area contributed by atoms with Crippen molar-refractivity contribution in [2.75, 3.05) is 6.54 Å². The zero-order valence-electron chi connectivity index (χ0n) is 12.7. The van der Waals surface area contributed by atoms with Gasteiger partial charge in [0.2, 0.25) is 0 Å². The van der Waals surface area contributed by atoms with Crippen molar-refractivity contribution >= 4 is 0 Å². The highest BCUT2D eigenvalue weighted by molar-refractivity contribution is 5.72. The molecule has 2 heteroatoms. The molecule has 0 spiro atoms. The lowest BCUT2D eigenvalue weighted by molar-refractivity contribution is 0.622. The standard InChI is InChI=1S/C18H22FN/c1-5-20-11-15-10-16(19)6-7-17(15)18-9-13(3)12(2)8-14(18)4/h6-10,20H,5,11H2,1-4H3. The fraction of sp³-hybridized carbons (Fsp3) is 0.333. The van der Waals surface area contributed by atoms with Gasteiger partial charge >= 0.3 is 0 Å². The summed E-state index contributed by atoms with van der Waals surface area (Å²) in [6, 6.07) is 9.46. The molecule has 106 valence electrons. The molecule has 0 aliphatic heterocycles. The van der Waals surface area contributed by atoms with E-state index in [4.69, 9.17) is 0 Å². The first-order chi connectivity index (χ1) is 9.52. The van der Waals surface area contributed by atoms with Gasteiger partial charge in [-0.25, -0.2) is 4.39 Å². The van der Waals surface area contributed by atoms with Gasteiger partial charge in [-0.3, -0.25) is 0 Å². The number of benzene rings is 2. The summed E-state index contributed by atoms with van der Waals surface area (Å²) in [5.41, 5.74) is 7.12. The molecule has 1 nitrogen and oxygen atoms in total. The summed E-state index contributed by atoms with van der Waals surface area (Å²) in [7, 11) is 0. The molecule has 0 saturated carbocycles. The summed E-state index contributed by atoms with van der Waals surface area (Å²) >= 11 is 0. The summed E-state index contributed by atoms with van der Waals surface area (Å²) in [6.07, 6.45) is 0. The van der Waals surface area contributed by atoms with Crippen LogP contribution < -0.4 is 5.32 Å². The van der Waals surface area contributed by atoms with E-state index in [1.807, 2.05) is 6.07 Å². The molecule has 0 saturated heterocycles. The molecule has 0 heterocycles. The fourth-order valence-electron chi connectivity index (χ4n) is 2.48. The molecule has 2 aromatic rings. The average Bonchev–Trinajstić information content (AvgIpc) is 2.41. The SMILES string of the molecule is CCNCc1cc(F)ccc1-c1cc(C)c(C)cc1C. The van der Waals surface area contributed by atoms with Crippen molar-refractivity contribution in [3.8, 4) is 11.1 Å². The molecule has 0 aliphatic rings. The molecule has 0 aromatic heterocycles. The van der Waals surface area contributed by atoms with Crippen LogP contribution in [0.2, 0.25) is 0 Å². The monoisotopic (exact) mass is 271 g/mol. The summed E-state index contributed by atoms with van der Waals surface area (Å²) in [5, 5.41) is 3.28. The number of aryl methyl sites for hydroxylation is 3. The molecule has 0 amide bonds. The van der Waals surface area contributed by atoms with Crippen LogP contribution in [-0.2, 0) is 6.54 Å². The van der Waals surface area contributed by atoms with Gasteiger partial charge in [0.1, 0.15) is 5.82 Å². The highest BCUT2D eigenvalue weighted by Gasteiger charge is 2.10. The Bertz CT molecular complexity index is 617. The van der Waals surface area contributed by atoms with Gasteiger partial charge in [0.05, 0.1) is 0 Å². The lowest BCUT2D eigenvalue weighted by Gasteiger charge is -2.15. The second-order valence-corrected chi connectivity index (χ2v) is 5.33. The first kappa shape index (κ1) is 14.7. The van der Waals surface area contributed by atoms with E-state index in [1.54, 1.807) is 12.1 Å². The smallest absolute Gasteiger partial charge is 0.123 e. The van der Waals surface area contributed by atoms with E-state index in [-0.39, 0.29) is 5.82 Å². The Labute approximate surface area is 120 Å². The quantitative estimate of drug-likeness (QED) is 0.861. The van der Waals surface area contributed by atoms with Crippen LogP contribution in [0, 0.1) is 26.6 Å². The van der Waals surface area contributed by atoms with Crippen LogP contribution in [-0.4, -0.2) is 6.54 Å². The largest absolute Gasteiger partial charge is 0.313 e. The third-order valence-electron chi connectivity index (χ3n) is 3.76. The number of halogens is 1. The zero-order valence-corrected chi connectivity index (χ0v) is 12.7. The molecule has 0 bridgehead atoms. The summed E-state index contributed by atoms with van der Waals surface area (Å²) in [4.78, 5) is 0. The van der Waals surface area contributed by atoms with Crippen LogP contribution in [0.3, 0.4) is 0 Å². The first-order valence-corrected chi connectivity index (χ1v) is 7.10. The van der Waals surface area contributed by atoms with E-state index in [0.717, 1.165) is 17.7 Å². The molecule has 2 aromatic carbocycles. The normalized spacial score (nSPS) is 10.8. The fourth-order valence-corrected chi connectivity index (χ4v) is 2.48. The summed E-state index contributed by atoms with van der Waals surface area (Å²) in [6.45, 7) is 9.97. The minimum absolute atomic E-state index is 0.178. The lowest BCUT2D eigenvalue weighted by Crippen LogP contribution is -2.13. The second kappa shape index (κ2) is 6.19. The Morgan fingerprint density at radius 1 is 0.900 bits per heavy atom. The van der Waals surface area contributed by atoms with Crippen molar-refractivity contribution in [3.63, 3.8) is 0 Å². The van der Waals surface area contributed by atoms with Gasteiger partial charge in [0, 0.05) is 6.54 Å². The Hall–Kier alpha value is -1.67. The van der Waals surface area contributed by atoms with Crippen molar-refractivity contribution in [3.05, 3.63) is 58.4 Å². The van der Waals surface area contributed by atoms with E-state index < -0.39 is 0 Å². The molecule has 0 unspecified atom stereocenters. The summed E-state index contributed by atoms with van der Waals surface area (Å²) in [5.74, 6) is -0.178. The summed E-state index contributed by atoms with van der Waals surface area (Å²) < 4.78 is 13.5. The van der Waals surface area contributed by atoms with Crippen molar-refractivity contribution < 1.29 is 4.39 Å². The maximum absolute atomic E-state index is 13.5. The van der Waals surface area contributed by atoms with Gasteiger partial charge in [0.15, 0.2) is 0 Å². The number of nitrogens with one attached hydrogen (secondary N) is 1. The van der Waals surface area contributed by atoms with Crippen LogP contribution in [0.25, 0.3) is 11.1 Å². The van der Waals surface area contributed by atoms with E-state index in [1.165, 1.54) is 22.3 Å². The van der Waals surface area contributed by atoms with E-state index in [9.17, 15) is 4.39 Å². The minimum Gasteiger partial charge on any atom is -0.313 e. The Morgan fingerprint density at radius 2 is 1.60 bits per heavy atom. The highest BCUT2D eigenvalue weighted by Crippen LogP contribution is 2.29. The average molecular weight is 271 g/mol. The molecule has 20 heavy (non-hydrogen) atoms. The van der Waals surface area contributed by atoms with Crippen molar-refractivity contribution in [1.82, 2.24) is 5.32 Å². The van der Waals surface area contributed by atoms with Gasteiger partial charge < -0.3 is 5.32 Å². The number of hydrogen-bond donors (Lipinski definition) is 1. The molecule has 0 atom stereocenters. The zero-order chi connectivity index (χ0) is 14.7. The highest BCUT2D eigenvalue weighted by atomic mass is 19.1. The van der Waals surface area contributed by atoms with E-state index >= 15 is 0 Å². The van der Waals surface area contributed by atoms with E-state index in [2.05, 4.69) is 45.1 Å². The molecular weight excluding hydrogens is 249 g/mol. The second-order valence-electron chi connectivity index (χ2n) is 5.33. The molecule has 0 radical (unpaired) electrons.